The molecule has 1 aliphatic carbocycles. The van der Waals surface area contributed by atoms with Crippen LogP contribution < -0.4 is 10.1 Å². The molecule has 1 fully saturated rings. The molecule has 1 aliphatic rings. The molecule has 1 saturated carbocycles. The normalized spacial score (nSPS) is 15.8. The number of nitrogens with one attached hydrogen (secondary N) is 1. The first kappa shape index (κ1) is 13.9. The van der Waals surface area contributed by atoms with Gasteiger partial charge in [0.25, 0.3) is 0 Å². The average Bonchev–Trinajstić information content (AvgIpc) is 3.26. The lowest BCUT2D eigenvalue weighted by molar-refractivity contribution is 0.106. The van der Waals surface area contributed by atoms with Crippen LogP contribution in [-0.4, -0.2) is 30.9 Å². The van der Waals surface area contributed by atoms with Gasteiger partial charge in [0.2, 0.25) is 0 Å². The van der Waals surface area contributed by atoms with Gasteiger partial charge in [-0.2, -0.15) is 5.26 Å². The number of hydrogen-bond donors (Lipinski definition) is 2. The number of aliphatic hydroxyl groups is 1. The number of aliphatic hydroxyl groups excluding tert-OH is 1. The van der Waals surface area contributed by atoms with Gasteiger partial charge in [0, 0.05) is 6.54 Å². The van der Waals surface area contributed by atoms with Crippen molar-refractivity contribution >= 4 is 0 Å². The molecule has 0 radical (unpaired) electrons. The molecule has 1 aromatic carbocycles. The van der Waals surface area contributed by atoms with Gasteiger partial charge in [0.1, 0.15) is 18.5 Å². The Labute approximate surface area is 114 Å². The first-order valence-corrected chi connectivity index (χ1v) is 6.79. The van der Waals surface area contributed by atoms with Gasteiger partial charge in [-0.05, 0) is 43.1 Å². The van der Waals surface area contributed by atoms with Crippen LogP contribution >= 0.6 is 0 Å². The lowest BCUT2D eigenvalue weighted by Crippen LogP contribution is -2.32. The van der Waals surface area contributed by atoms with Crippen LogP contribution in [0.1, 0.15) is 24.8 Å². The molecule has 0 bridgehead atoms. The van der Waals surface area contributed by atoms with E-state index in [0.29, 0.717) is 17.9 Å². The van der Waals surface area contributed by atoms with Gasteiger partial charge in [-0.1, -0.05) is 12.8 Å². The predicted octanol–water partition coefficient (Wildman–Crippen LogP) is 1.69. The number of benzene rings is 1. The van der Waals surface area contributed by atoms with Gasteiger partial charge < -0.3 is 15.2 Å². The Morgan fingerprint density at radius 1 is 1.37 bits per heavy atom. The van der Waals surface area contributed by atoms with E-state index in [9.17, 15) is 5.11 Å². The van der Waals surface area contributed by atoms with Crippen LogP contribution in [-0.2, 0) is 0 Å². The number of ether oxygens (including phenoxy) is 1. The monoisotopic (exact) mass is 260 g/mol. The van der Waals surface area contributed by atoms with Crippen LogP contribution in [0.3, 0.4) is 0 Å². The second-order valence-corrected chi connectivity index (χ2v) is 5.04. The molecule has 4 heteroatoms. The van der Waals surface area contributed by atoms with Gasteiger partial charge in [-0.25, -0.2) is 0 Å². The van der Waals surface area contributed by atoms with E-state index in [1.807, 2.05) is 0 Å². The molecule has 4 nitrogen and oxygen atoms in total. The summed E-state index contributed by atoms with van der Waals surface area (Å²) in [6, 6.07) is 8.94. The van der Waals surface area contributed by atoms with Crippen LogP contribution in [0, 0.1) is 17.2 Å². The van der Waals surface area contributed by atoms with Crippen molar-refractivity contribution in [2.24, 2.45) is 5.92 Å². The summed E-state index contributed by atoms with van der Waals surface area (Å²) in [7, 11) is 0. The van der Waals surface area contributed by atoms with Crippen molar-refractivity contribution in [1.29, 1.82) is 5.26 Å². The van der Waals surface area contributed by atoms with E-state index < -0.39 is 6.10 Å². The van der Waals surface area contributed by atoms with Gasteiger partial charge in [0.15, 0.2) is 0 Å². The minimum atomic E-state index is -0.505. The molecule has 0 amide bonds. The van der Waals surface area contributed by atoms with E-state index in [0.717, 1.165) is 12.5 Å². The summed E-state index contributed by atoms with van der Waals surface area (Å²) in [5, 5.41) is 21.7. The van der Waals surface area contributed by atoms with Crippen molar-refractivity contribution < 1.29 is 9.84 Å². The third kappa shape index (κ3) is 5.29. The second-order valence-electron chi connectivity index (χ2n) is 5.04. The molecule has 2 N–H and O–H groups in total. The van der Waals surface area contributed by atoms with Crippen LogP contribution in [0.25, 0.3) is 0 Å². The fourth-order valence-corrected chi connectivity index (χ4v) is 1.86. The first-order chi connectivity index (χ1) is 9.28. The van der Waals surface area contributed by atoms with Gasteiger partial charge in [-0.15, -0.1) is 0 Å². The highest BCUT2D eigenvalue weighted by molar-refractivity contribution is 5.34. The molecule has 0 aliphatic heterocycles. The Hall–Kier alpha value is -1.57. The van der Waals surface area contributed by atoms with Crippen molar-refractivity contribution in [3.8, 4) is 11.8 Å². The van der Waals surface area contributed by atoms with Gasteiger partial charge in [-0.3, -0.25) is 0 Å². The second kappa shape index (κ2) is 7.13. The minimum Gasteiger partial charge on any atom is -0.491 e. The summed E-state index contributed by atoms with van der Waals surface area (Å²) in [5.74, 6) is 1.59. The number of rotatable bonds is 8. The van der Waals surface area contributed by atoms with Gasteiger partial charge >= 0.3 is 0 Å². The van der Waals surface area contributed by atoms with Crippen LogP contribution in [0.5, 0.6) is 5.75 Å². The first-order valence-electron chi connectivity index (χ1n) is 6.79. The summed E-state index contributed by atoms with van der Waals surface area (Å²) in [6.07, 6.45) is 3.44. The van der Waals surface area contributed by atoms with Crippen LogP contribution in [0.2, 0.25) is 0 Å². The minimum absolute atomic E-state index is 0.266. The number of hydrogen-bond acceptors (Lipinski definition) is 4. The van der Waals surface area contributed by atoms with E-state index in [1.54, 1.807) is 24.3 Å². The summed E-state index contributed by atoms with van der Waals surface area (Å²) in [6.45, 7) is 1.80. The summed E-state index contributed by atoms with van der Waals surface area (Å²) in [4.78, 5) is 0. The average molecular weight is 260 g/mol. The van der Waals surface area contributed by atoms with Crippen LogP contribution in [0.4, 0.5) is 0 Å². The summed E-state index contributed by atoms with van der Waals surface area (Å²) < 4.78 is 5.46. The number of nitrogens with zero attached hydrogens (tertiary/aromatic N) is 1. The van der Waals surface area contributed by atoms with E-state index in [1.165, 1.54) is 19.3 Å². The molecule has 0 heterocycles. The molecule has 2 rings (SSSR count). The lowest BCUT2D eigenvalue weighted by atomic mass is 10.2. The Kier molecular flexibility index (Phi) is 5.20. The highest BCUT2D eigenvalue weighted by atomic mass is 16.5. The number of nitriles is 1. The van der Waals surface area contributed by atoms with Crippen LogP contribution in [0.15, 0.2) is 24.3 Å². The van der Waals surface area contributed by atoms with Crippen molar-refractivity contribution in [2.45, 2.75) is 25.4 Å². The zero-order valence-electron chi connectivity index (χ0n) is 11.0. The molecule has 1 aromatic rings. The maximum Gasteiger partial charge on any atom is 0.119 e. The van der Waals surface area contributed by atoms with E-state index in [-0.39, 0.29) is 6.61 Å². The van der Waals surface area contributed by atoms with Gasteiger partial charge in [0.05, 0.1) is 11.6 Å². The summed E-state index contributed by atoms with van der Waals surface area (Å²) >= 11 is 0. The Bertz CT molecular complexity index is 421. The van der Waals surface area contributed by atoms with E-state index in [4.69, 9.17) is 10.00 Å². The predicted molar refractivity (Wildman–Crippen MR) is 72.9 cm³/mol. The van der Waals surface area contributed by atoms with Crippen molar-refractivity contribution in [1.82, 2.24) is 5.32 Å². The molecular weight excluding hydrogens is 240 g/mol. The molecular formula is C15H20N2O2. The maximum absolute atomic E-state index is 9.75. The van der Waals surface area contributed by atoms with Crippen molar-refractivity contribution in [3.63, 3.8) is 0 Å². The quantitative estimate of drug-likeness (QED) is 0.698. The SMILES string of the molecule is N#Cc1ccc(OCC(O)CNCCC2CC2)cc1. The molecule has 1 unspecified atom stereocenters. The largest absolute Gasteiger partial charge is 0.491 e. The van der Waals surface area contributed by atoms with E-state index >= 15 is 0 Å². The molecule has 0 aromatic heterocycles. The van der Waals surface area contributed by atoms with Crippen molar-refractivity contribution in [3.05, 3.63) is 29.8 Å². The third-order valence-electron chi connectivity index (χ3n) is 3.23. The van der Waals surface area contributed by atoms with E-state index in [2.05, 4.69) is 11.4 Å². The fourth-order valence-electron chi connectivity index (χ4n) is 1.86. The topological polar surface area (TPSA) is 65.3 Å². The highest BCUT2D eigenvalue weighted by Crippen LogP contribution is 2.31. The Morgan fingerprint density at radius 2 is 2.11 bits per heavy atom. The summed E-state index contributed by atoms with van der Waals surface area (Å²) in [5.41, 5.74) is 0.606. The smallest absolute Gasteiger partial charge is 0.119 e. The Balaban J connectivity index is 1.58. The van der Waals surface area contributed by atoms with Crippen molar-refractivity contribution in [2.75, 3.05) is 19.7 Å². The molecule has 0 spiro atoms. The lowest BCUT2D eigenvalue weighted by Gasteiger charge is -2.13. The molecule has 19 heavy (non-hydrogen) atoms. The standard InChI is InChI=1S/C15H20N2O2/c16-9-13-3-5-15(6-4-13)19-11-14(18)10-17-8-7-12-1-2-12/h3-6,12,14,17-18H,1-2,7-8,10-11H2. The third-order valence-corrected chi connectivity index (χ3v) is 3.23. The Morgan fingerprint density at radius 3 is 2.74 bits per heavy atom. The molecule has 102 valence electrons. The molecule has 0 saturated heterocycles. The zero-order chi connectivity index (χ0) is 13.5. The molecule has 1 atom stereocenters. The highest BCUT2D eigenvalue weighted by Gasteiger charge is 2.20. The fraction of sp³-hybridized carbons (Fsp3) is 0.533. The maximum atomic E-state index is 9.75. The zero-order valence-corrected chi connectivity index (χ0v) is 11.0.